The van der Waals surface area contributed by atoms with Crippen LogP contribution in [0.15, 0.2) is 24.3 Å². The van der Waals surface area contributed by atoms with Gasteiger partial charge in [0.15, 0.2) is 0 Å². The molecule has 6 heteroatoms. The fourth-order valence-electron chi connectivity index (χ4n) is 4.30. The highest BCUT2D eigenvalue weighted by Gasteiger charge is 2.35. The number of carbonyl (C=O) groups is 2. The third kappa shape index (κ3) is 6.22. The molecule has 1 unspecified atom stereocenters. The molecule has 2 aliphatic rings. The Morgan fingerprint density at radius 2 is 1.97 bits per heavy atom. The first-order chi connectivity index (χ1) is 14.0. The Balaban J connectivity index is 1.45. The van der Waals surface area contributed by atoms with E-state index in [0.29, 0.717) is 30.9 Å². The van der Waals surface area contributed by atoms with Crippen LogP contribution in [0, 0.1) is 0 Å². The van der Waals surface area contributed by atoms with Gasteiger partial charge in [-0.25, -0.2) is 4.79 Å². The van der Waals surface area contributed by atoms with Gasteiger partial charge in [0, 0.05) is 6.54 Å². The molecule has 1 saturated heterocycles. The lowest BCUT2D eigenvalue weighted by Crippen LogP contribution is -2.40. The van der Waals surface area contributed by atoms with Crippen molar-refractivity contribution in [3.8, 4) is 0 Å². The minimum Gasteiger partial charge on any atom is -0.462 e. The number of benzene rings is 1. The number of carbonyl (C=O) groups excluding carboxylic acids is 2. The van der Waals surface area contributed by atoms with Crippen molar-refractivity contribution in [3.63, 3.8) is 0 Å². The summed E-state index contributed by atoms with van der Waals surface area (Å²) in [5.41, 5.74) is 1.20. The van der Waals surface area contributed by atoms with E-state index in [4.69, 9.17) is 4.74 Å². The molecule has 1 saturated carbocycles. The molecule has 1 aliphatic heterocycles. The molecular weight excluding hydrogens is 386 g/mol. The van der Waals surface area contributed by atoms with Crippen molar-refractivity contribution in [2.75, 3.05) is 18.9 Å². The highest BCUT2D eigenvalue weighted by Crippen LogP contribution is 2.34. The maximum absolute atomic E-state index is 12.3. The van der Waals surface area contributed by atoms with Crippen molar-refractivity contribution >= 4 is 23.6 Å². The summed E-state index contributed by atoms with van der Waals surface area (Å²) in [7, 11) is 0. The van der Waals surface area contributed by atoms with Gasteiger partial charge in [0.1, 0.15) is 0 Å². The van der Waals surface area contributed by atoms with Gasteiger partial charge >= 0.3 is 5.97 Å². The second-order valence-corrected chi connectivity index (χ2v) is 9.36. The molecule has 1 aliphatic carbocycles. The van der Waals surface area contributed by atoms with Crippen molar-refractivity contribution in [3.05, 3.63) is 35.4 Å². The minimum atomic E-state index is -0.572. The molecule has 0 bridgehead atoms. The van der Waals surface area contributed by atoms with Crippen LogP contribution in [0.25, 0.3) is 0 Å². The lowest BCUT2D eigenvalue weighted by Gasteiger charge is -2.34. The molecule has 1 atom stereocenters. The van der Waals surface area contributed by atoms with Crippen LogP contribution in [0.2, 0.25) is 0 Å². The summed E-state index contributed by atoms with van der Waals surface area (Å²) in [6.07, 6.45) is 8.71. The molecule has 29 heavy (non-hydrogen) atoms. The van der Waals surface area contributed by atoms with Crippen LogP contribution in [0.4, 0.5) is 0 Å². The molecule has 1 aromatic carbocycles. The summed E-state index contributed by atoms with van der Waals surface area (Å²) in [6, 6.07) is 7.60. The summed E-state index contributed by atoms with van der Waals surface area (Å²) in [5.74, 6) is 0.477. The molecule has 1 amide bonds. The normalized spacial score (nSPS) is 21.4. The lowest BCUT2D eigenvalue weighted by atomic mass is 9.82. The van der Waals surface area contributed by atoms with E-state index in [1.807, 2.05) is 29.2 Å². The van der Waals surface area contributed by atoms with Gasteiger partial charge in [-0.15, -0.1) is 11.8 Å². The molecule has 1 N–H and O–H groups in total. The topological polar surface area (TPSA) is 66.8 Å². The van der Waals surface area contributed by atoms with Crippen LogP contribution in [-0.2, 0) is 16.0 Å². The van der Waals surface area contributed by atoms with Gasteiger partial charge in [0.2, 0.25) is 5.91 Å². The monoisotopic (exact) mass is 419 g/mol. The smallest absolute Gasteiger partial charge is 0.338 e. The van der Waals surface area contributed by atoms with Crippen LogP contribution in [-0.4, -0.2) is 51.8 Å². The number of aryl methyl sites for hydroxylation is 1. The standard InChI is InChI=1S/C23H33NO4S/c1-2-28-22(26)19-11-9-18(10-12-19)7-6-8-21-24(20(25)17-29-21)16-15-23(27)13-4-3-5-14-23/h9-12,21,27H,2-8,13-17H2,1H3. The summed E-state index contributed by atoms with van der Waals surface area (Å²) >= 11 is 1.72. The largest absolute Gasteiger partial charge is 0.462 e. The first-order valence-electron chi connectivity index (χ1n) is 10.9. The van der Waals surface area contributed by atoms with Gasteiger partial charge in [0.25, 0.3) is 0 Å². The number of rotatable bonds is 9. The van der Waals surface area contributed by atoms with Gasteiger partial charge in [-0.3, -0.25) is 4.79 Å². The third-order valence-corrected chi connectivity index (χ3v) is 7.34. The average Bonchev–Trinajstić information content (AvgIpc) is 3.07. The molecule has 1 heterocycles. The SMILES string of the molecule is CCOC(=O)c1ccc(CCCC2SCC(=O)N2CCC2(O)CCCCC2)cc1. The van der Waals surface area contributed by atoms with Crippen molar-refractivity contribution < 1.29 is 19.4 Å². The first kappa shape index (κ1) is 22.2. The highest BCUT2D eigenvalue weighted by molar-refractivity contribution is 8.00. The van der Waals surface area contributed by atoms with E-state index in [9.17, 15) is 14.7 Å². The summed E-state index contributed by atoms with van der Waals surface area (Å²) in [6.45, 7) is 2.85. The predicted molar refractivity (Wildman–Crippen MR) is 116 cm³/mol. The average molecular weight is 420 g/mol. The van der Waals surface area contributed by atoms with Crippen molar-refractivity contribution in [1.82, 2.24) is 4.90 Å². The lowest BCUT2D eigenvalue weighted by molar-refractivity contribution is -0.129. The van der Waals surface area contributed by atoms with E-state index in [2.05, 4.69) is 0 Å². The number of amides is 1. The second kappa shape index (κ2) is 10.5. The fraction of sp³-hybridized carbons (Fsp3) is 0.652. The van der Waals surface area contributed by atoms with Crippen LogP contribution < -0.4 is 0 Å². The van der Waals surface area contributed by atoms with E-state index < -0.39 is 5.60 Å². The Labute approximate surface area is 178 Å². The van der Waals surface area contributed by atoms with Crippen molar-refractivity contribution in [2.24, 2.45) is 0 Å². The van der Waals surface area contributed by atoms with Crippen LogP contribution in [0.3, 0.4) is 0 Å². The molecule has 0 aromatic heterocycles. The number of aliphatic hydroxyl groups is 1. The fourth-order valence-corrected chi connectivity index (χ4v) is 5.54. The van der Waals surface area contributed by atoms with Gasteiger partial charge in [-0.2, -0.15) is 0 Å². The van der Waals surface area contributed by atoms with E-state index in [-0.39, 0.29) is 17.3 Å². The first-order valence-corrected chi connectivity index (χ1v) is 12.0. The Bertz CT molecular complexity index is 685. The number of ether oxygens (including phenoxy) is 1. The minimum absolute atomic E-state index is 0.207. The molecule has 2 fully saturated rings. The quantitative estimate of drug-likeness (QED) is 0.609. The van der Waals surface area contributed by atoms with E-state index >= 15 is 0 Å². The Hall–Kier alpha value is -1.53. The summed E-state index contributed by atoms with van der Waals surface area (Å²) in [5, 5.41) is 11.0. The summed E-state index contributed by atoms with van der Waals surface area (Å²) in [4.78, 5) is 26.0. The number of hydrogen-bond acceptors (Lipinski definition) is 5. The van der Waals surface area contributed by atoms with Gasteiger partial charge in [-0.05, 0) is 63.1 Å². The molecule has 1 aromatic rings. The molecule has 3 rings (SSSR count). The van der Waals surface area contributed by atoms with Crippen LogP contribution in [0.1, 0.15) is 74.2 Å². The molecule has 5 nitrogen and oxygen atoms in total. The molecule has 160 valence electrons. The van der Waals surface area contributed by atoms with Gasteiger partial charge < -0.3 is 14.7 Å². The zero-order chi connectivity index (χ0) is 20.7. The van der Waals surface area contributed by atoms with E-state index in [0.717, 1.165) is 44.9 Å². The maximum Gasteiger partial charge on any atom is 0.338 e. The zero-order valence-electron chi connectivity index (χ0n) is 17.4. The number of esters is 1. The number of thioether (sulfide) groups is 1. The molecular formula is C23H33NO4S. The molecule has 0 radical (unpaired) electrons. The van der Waals surface area contributed by atoms with Crippen molar-refractivity contribution in [1.29, 1.82) is 0 Å². The Kier molecular flexibility index (Phi) is 8.01. The van der Waals surface area contributed by atoms with Gasteiger partial charge in [-0.1, -0.05) is 31.4 Å². The summed E-state index contributed by atoms with van der Waals surface area (Å²) < 4.78 is 5.02. The maximum atomic E-state index is 12.3. The van der Waals surface area contributed by atoms with E-state index in [1.165, 1.54) is 12.0 Å². The number of nitrogens with zero attached hydrogens (tertiary/aromatic N) is 1. The molecule has 0 spiro atoms. The second-order valence-electron chi connectivity index (χ2n) is 8.20. The number of hydrogen-bond donors (Lipinski definition) is 1. The van der Waals surface area contributed by atoms with Crippen LogP contribution in [0.5, 0.6) is 0 Å². The predicted octanol–water partition coefficient (Wildman–Crippen LogP) is 4.17. The Morgan fingerprint density at radius 3 is 2.66 bits per heavy atom. The van der Waals surface area contributed by atoms with Crippen LogP contribution >= 0.6 is 11.8 Å². The van der Waals surface area contributed by atoms with Gasteiger partial charge in [0.05, 0.1) is 28.9 Å². The third-order valence-electron chi connectivity index (χ3n) is 6.05. The zero-order valence-corrected chi connectivity index (χ0v) is 18.2. The van der Waals surface area contributed by atoms with Crippen molar-refractivity contribution in [2.45, 2.75) is 75.7 Å². The van der Waals surface area contributed by atoms with E-state index in [1.54, 1.807) is 18.7 Å². The highest BCUT2D eigenvalue weighted by atomic mass is 32.2. The Morgan fingerprint density at radius 1 is 1.24 bits per heavy atom.